The van der Waals surface area contributed by atoms with Gasteiger partial charge in [0, 0.05) is 0 Å². The maximum Gasteiger partial charge on any atom is 0.270 e. The van der Waals surface area contributed by atoms with Crippen LogP contribution in [0.15, 0.2) is 0 Å². The van der Waals surface area contributed by atoms with Gasteiger partial charge in [0.05, 0.1) is 11.4 Å². The molecule has 2 rings (SSSR count). The van der Waals surface area contributed by atoms with Gasteiger partial charge < -0.3 is 0 Å². The fourth-order valence-electron chi connectivity index (χ4n) is 2.61. The molecule has 0 heterocycles. The molecule has 2 fully saturated rings. The normalized spacial score (nSPS) is 25.9. The van der Waals surface area contributed by atoms with E-state index in [0.29, 0.717) is 0 Å². The van der Waals surface area contributed by atoms with Crippen molar-refractivity contribution in [2.45, 2.75) is 69.1 Å². The van der Waals surface area contributed by atoms with Crippen LogP contribution in [0.25, 0.3) is 0 Å². The predicted octanol–water partition coefficient (Wildman–Crippen LogP) is 2.61. The molecule has 0 aliphatic heterocycles. The molecule has 0 N–H and O–H groups in total. The topological polar surface area (TPSA) is 43.4 Å². The van der Waals surface area contributed by atoms with Crippen molar-refractivity contribution in [3.05, 3.63) is 0 Å². The predicted molar refractivity (Wildman–Crippen MR) is 59.1 cm³/mol. The molecule has 0 aromatic carbocycles. The molecule has 0 radical (unpaired) electrons. The van der Waals surface area contributed by atoms with E-state index in [2.05, 4.69) is 0 Å². The number of hydrogen-bond acceptors (Lipinski definition) is 3. The van der Waals surface area contributed by atoms with Gasteiger partial charge in [-0.15, -0.1) is 0 Å². The summed E-state index contributed by atoms with van der Waals surface area (Å²) in [5.41, 5.74) is 0. The van der Waals surface area contributed by atoms with Gasteiger partial charge in [0.2, 0.25) is 0 Å². The van der Waals surface area contributed by atoms with E-state index in [4.69, 9.17) is 4.18 Å². The molecular weight excluding hydrogens is 212 g/mol. The van der Waals surface area contributed by atoms with Crippen molar-refractivity contribution in [2.24, 2.45) is 0 Å². The Hall–Kier alpha value is -0.0900. The van der Waals surface area contributed by atoms with Crippen LogP contribution >= 0.6 is 0 Å². The van der Waals surface area contributed by atoms with Crippen molar-refractivity contribution >= 4 is 10.1 Å². The first-order valence-corrected chi connectivity index (χ1v) is 7.58. The van der Waals surface area contributed by atoms with Gasteiger partial charge in [-0.3, -0.25) is 4.18 Å². The molecule has 15 heavy (non-hydrogen) atoms. The molecule has 0 atom stereocenters. The van der Waals surface area contributed by atoms with Gasteiger partial charge in [-0.05, 0) is 25.7 Å². The number of hydrogen-bond donors (Lipinski definition) is 0. The first-order valence-electron chi connectivity index (χ1n) is 6.10. The van der Waals surface area contributed by atoms with E-state index < -0.39 is 10.1 Å². The van der Waals surface area contributed by atoms with Crippen molar-refractivity contribution in [1.82, 2.24) is 0 Å². The smallest absolute Gasteiger partial charge is 0.267 e. The molecule has 88 valence electrons. The van der Waals surface area contributed by atoms with E-state index in [1.54, 1.807) is 0 Å². The van der Waals surface area contributed by atoms with Crippen molar-refractivity contribution < 1.29 is 12.6 Å². The molecule has 0 aromatic heterocycles. The van der Waals surface area contributed by atoms with Crippen molar-refractivity contribution in [1.29, 1.82) is 0 Å². The van der Waals surface area contributed by atoms with E-state index >= 15 is 0 Å². The van der Waals surface area contributed by atoms with E-state index in [-0.39, 0.29) is 11.4 Å². The molecule has 0 aromatic rings. The Labute approximate surface area is 92.3 Å². The summed E-state index contributed by atoms with van der Waals surface area (Å²) >= 11 is 0. The van der Waals surface area contributed by atoms with Gasteiger partial charge >= 0.3 is 0 Å². The quantitative estimate of drug-likeness (QED) is 0.702. The van der Waals surface area contributed by atoms with Crippen LogP contribution in [-0.4, -0.2) is 19.8 Å². The lowest BCUT2D eigenvalue weighted by Crippen LogP contribution is -2.27. The van der Waals surface area contributed by atoms with Gasteiger partial charge in [0.25, 0.3) is 10.1 Å². The molecule has 0 saturated heterocycles. The summed E-state index contributed by atoms with van der Waals surface area (Å²) < 4.78 is 29.1. The van der Waals surface area contributed by atoms with Crippen molar-refractivity contribution in [2.75, 3.05) is 0 Å². The molecule has 4 heteroatoms. The average molecular weight is 232 g/mol. The van der Waals surface area contributed by atoms with Crippen LogP contribution in [0.5, 0.6) is 0 Å². The summed E-state index contributed by atoms with van der Waals surface area (Å²) in [5, 5.41) is -0.209. The van der Waals surface area contributed by atoms with E-state index in [9.17, 15) is 8.42 Å². The minimum atomic E-state index is -3.26. The van der Waals surface area contributed by atoms with Gasteiger partial charge in [0.1, 0.15) is 0 Å². The minimum absolute atomic E-state index is 0.0238. The molecule has 0 amide bonds. The Bertz CT molecular complexity index is 285. The Morgan fingerprint density at radius 1 is 0.800 bits per heavy atom. The van der Waals surface area contributed by atoms with Gasteiger partial charge in [-0.1, -0.05) is 32.1 Å². The van der Waals surface area contributed by atoms with Crippen molar-refractivity contribution in [3.63, 3.8) is 0 Å². The summed E-state index contributed by atoms with van der Waals surface area (Å²) in [7, 11) is -3.26. The zero-order valence-electron chi connectivity index (χ0n) is 9.15. The highest BCUT2D eigenvalue weighted by Crippen LogP contribution is 2.29. The van der Waals surface area contributed by atoms with Crippen LogP contribution in [0.1, 0.15) is 57.8 Å². The average Bonchev–Trinajstić information content (AvgIpc) is 2.71. The van der Waals surface area contributed by atoms with Crippen LogP contribution < -0.4 is 0 Å². The molecule has 0 bridgehead atoms. The molecule has 2 aliphatic rings. The summed E-state index contributed by atoms with van der Waals surface area (Å²) in [4.78, 5) is 0. The molecule has 2 saturated carbocycles. The van der Waals surface area contributed by atoms with Crippen LogP contribution in [0.3, 0.4) is 0 Å². The summed E-state index contributed by atoms with van der Waals surface area (Å²) in [6.45, 7) is 0. The molecule has 0 unspecified atom stereocenters. The largest absolute Gasteiger partial charge is 0.270 e. The highest BCUT2D eigenvalue weighted by Gasteiger charge is 2.32. The van der Waals surface area contributed by atoms with Crippen LogP contribution in [0.2, 0.25) is 0 Å². The second-order valence-electron chi connectivity index (χ2n) is 4.76. The van der Waals surface area contributed by atoms with E-state index in [0.717, 1.165) is 51.4 Å². The lowest BCUT2D eigenvalue weighted by molar-refractivity contribution is 0.160. The van der Waals surface area contributed by atoms with Crippen LogP contribution in [-0.2, 0) is 14.3 Å². The molecular formula is C11H20O3S. The lowest BCUT2D eigenvalue weighted by Gasteiger charge is -2.23. The third-order valence-electron chi connectivity index (χ3n) is 3.53. The Morgan fingerprint density at radius 2 is 1.33 bits per heavy atom. The van der Waals surface area contributed by atoms with Gasteiger partial charge in [-0.2, -0.15) is 8.42 Å². The Balaban J connectivity index is 1.90. The summed E-state index contributed by atoms with van der Waals surface area (Å²) in [6, 6.07) is 0. The third kappa shape index (κ3) is 2.94. The first kappa shape index (κ1) is 11.4. The highest BCUT2D eigenvalue weighted by molar-refractivity contribution is 7.87. The second-order valence-corrected chi connectivity index (χ2v) is 6.60. The second kappa shape index (κ2) is 4.83. The van der Waals surface area contributed by atoms with Crippen LogP contribution in [0, 0.1) is 0 Å². The summed E-state index contributed by atoms with van der Waals surface area (Å²) in [6.07, 6.45) is 8.96. The fourth-order valence-corrected chi connectivity index (χ4v) is 4.25. The Morgan fingerprint density at radius 3 is 1.93 bits per heavy atom. The van der Waals surface area contributed by atoms with Crippen LogP contribution in [0.4, 0.5) is 0 Å². The number of rotatable bonds is 3. The fraction of sp³-hybridized carbons (Fsp3) is 1.00. The standard InChI is InChI=1S/C11H20O3S/c12-15(13,11-8-4-5-9-11)14-10-6-2-1-3-7-10/h10-11H,1-9H2. The van der Waals surface area contributed by atoms with Crippen molar-refractivity contribution in [3.8, 4) is 0 Å². The van der Waals surface area contributed by atoms with E-state index in [1.165, 1.54) is 6.42 Å². The maximum absolute atomic E-state index is 11.9. The van der Waals surface area contributed by atoms with Gasteiger partial charge in [0.15, 0.2) is 0 Å². The molecule has 3 nitrogen and oxygen atoms in total. The monoisotopic (exact) mass is 232 g/mol. The maximum atomic E-state index is 11.9. The zero-order valence-corrected chi connectivity index (χ0v) is 9.97. The Kier molecular flexibility index (Phi) is 3.67. The summed E-state index contributed by atoms with van der Waals surface area (Å²) in [5.74, 6) is 0. The lowest BCUT2D eigenvalue weighted by atomic mass is 9.98. The minimum Gasteiger partial charge on any atom is -0.267 e. The third-order valence-corrected chi connectivity index (χ3v) is 5.36. The molecule has 0 spiro atoms. The first-order chi connectivity index (χ1) is 7.18. The highest BCUT2D eigenvalue weighted by atomic mass is 32.2. The SMILES string of the molecule is O=S(=O)(OC1CCCCC1)C1CCCC1. The zero-order chi connectivity index (χ0) is 10.7. The molecule has 2 aliphatic carbocycles. The van der Waals surface area contributed by atoms with Gasteiger partial charge in [-0.25, -0.2) is 0 Å². The van der Waals surface area contributed by atoms with E-state index in [1.807, 2.05) is 0 Å².